The Morgan fingerprint density at radius 3 is 2.57 bits per heavy atom. The lowest BCUT2D eigenvalue weighted by Gasteiger charge is -2.39. The van der Waals surface area contributed by atoms with Gasteiger partial charge in [-0.25, -0.2) is 0 Å². The van der Waals surface area contributed by atoms with Gasteiger partial charge in [0.2, 0.25) is 5.91 Å². The van der Waals surface area contributed by atoms with Crippen LogP contribution in [0.2, 0.25) is 0 Å². The fourth-order valence-corrected chi connectivity index (χ4v) is 4.28. The molecule has 2 aliphatic rings. The number of fused-ring (bicyclic) bond motifs is 1. The van der Waals surface area contributed by atoms with Crippen molar-refractivity contribution in [3.8, 4) is 0 Å². The van der Waals surface area contributed by atoms with Gasteiger partial charge in [0.1, 0.15) is 0 Å². The molecule has 2 N–H and O–H groups in total. The van der Waals surface area contributed by atoms with Crippen LogP contribution < -0.4 is 10.6 Å². The fourth-order valence-electron chi connectivity index (χ4n) is 4.28. The third kappa shape index (κ3) is 2.92. The largest absolute Gasteiger partial charge is 0.397 e. The van der Waals surface area contributed by atoms with Crippen LogP contribution in [0.4, 0.5) is 11.4 Å². The number of anilines is 2. The summed E-state index contributed by atoms with van der Waals surface area (Å²) in [5.41, 5.74) is 7.52. The zero-order valence-electron chi connectivity index (χ0n) is 12.9. The molecule has 0 heterocycles. The van der Waals surface area contributed by atoms with Crippen LogP contribution in [0.25, 0.3) is 0 Å². The normalized spacial score (nSPS) is 28.7. The zero-order valence-corrected chi connectivity index (χ0v) is 12.9. The number of amides is 1. The predicted octanol–water partition coefficient (Wildman–Crippen LogP) is 3.84. The summed E-state index contributed by atoms with van der Waals surface area (Å²) in [6, 6.07) is 7.63. The van der Waals surface area contributed by atoms with Crippen molar-refractivity contribution in [2.75, 3.05) is 17.7 Å². The van der Waals surface area contributed by atoms with Crippen molar-refractivity contribution in [1.29, 1.82) is 0 Å². The zero-order chi connectivity index (χ0) is 14.8. The van der Waals surface area contributed by atoms with Gasteiger partial charge in [-0.15, -0.1) is 0 Å². The Kier molecular flexibility index (Phi) is 4.18. The Labute approximate surface area is 127 Å². The van der Waals surface area contributed by atoms with Crippen LogP contribution in [0.5, 0.6) is 0 Å². The van der Waals surface area contributed by atoms with Gasteiger partial charge in [0.25, 0.3) is 0 Å². The second-order valence-corrected chi connectivity index (χ2v) is 6.77. The van der Waals surface area contributed by atoms with Gasteiger partial charge in [-0.1, -0.05) is 37.8 Å². The molecule has 0 bridgehead atoms. The molecular weight excluding hydrogens is 260 g/mol. The molecule has 0 radical (unpaired) electrons. The molecule has 2 fully saturated rings. The Morgan fingerprint density at radius 1 is 1.10 bits per heavy atom. The number of nitrogens with two attached hydrogens (primary N) is 1. The fraction of sp³-hybridized carbons (Fsp3) is 0.611. The number of para-hydroxylation sites is 2. The van der Waals surface area contributed by atoms with Crippen molar-refractivity contribution in [3.63, 3.8) is 0 Å². The molecule has 3 unspecified atom stereocenters. The maximum atomic E-state index is 12.8. The van der Waals surface area contributed by atoms with E-state index in [2.05, 4.69) is 0 Å². The minimum absolute atomic E-state index is 0.189. The minimum atomic E-state index is 0.189. The average Bonchev–Trinajstić information content (AvgIpc) is 2.53. The number of benzene rings is 1. The van der Waals surface area contributed by atoms with E-state index in [0.717, 1.165) is 30.4 Å². The first-order valence-electron chi connectivity index (χ1n) is 8.29. The van der Waals surface area contributed by atoms with Gasteiger partial charge in [0.15, 0.2) is 0 Å². The Morgan fingerprint density at radius 2 is 1.81 bits per heavy atom. The van der Waals surface area contributed by atoms with E-state index < -0.39 is 0 Å². The predicted molar refractivity (Wildman–Crippen MR) is 87.1 cm³/mol. The molecule has 0 spiro atoms. The van der Waals surface area contributed by atoms with Gasteiger partial charge >= 0.3 is 0 Å². The second kappa shape index (κ2) is 6.08. The van der Waals surface area contributed by atoms with Crippen LogP contribution in [0.1, 0.15) is 44.9 Å². The number of nitrogen functional groups attached to an aromatic ring is 1. The third-order valence-corrected chi connectivity index (χ3v) is 5.52. The van der Waals surface area contributed by atoms with Crippen LogP contribution >= 0.6 is 0 Å². The summed E-state index contributed by atoms with van der Waals surface area (Å²) in [6.07, 6.45) is 8.82. The number of hydrogen-bond acceptors (Lipinski definition) is 2. The molecule has 21 heavy (non-hydrogen) atoms. The average molecular weight is 286 g/mol. The van der Waals surface area contributed by atoms with Crippen molar-refractivity contribution >= 4 is 17.3 Å². The van der Waals surface area contributed by atoms with E-state index in [1.165, 1.54) is 32.1 Å². The molecule has 3 atom stereocenters. The van der Waals surface area contributed by atoms with Crippen LogP contribution in [0.3, 0.4) is 0 Å². The van der Waals surface area contributed by atoms with Gasteiger partial charge in [-0.3, -0.25) is 4.79 Å². The Balaban J connectivity index is 1.69. The lowest BCUT2D eigenvalue weighted by Crippen LogP contribution is -2.38. The highest BCUT2D eigenvalue weighted by molar-refractivity contribution is 5.97. The molecule has 3 rings (SSSR count). The van der Waals surface area contributed by atoms with E-state index in [9.17, 15) is 4.79 Å². The molecule has 2 aliphatic carbocycles. The maximum Gasteiger partial charge on any atom is 0.229 e. The molecule has 1 aromatic rings. The first-order chi connectivity index (χ1) is 10.2. The van der Waals surface area contributed by atoms with E-state index >= 15 is 0 Å². The number of hydrogen-bond donors (Lipinski definition) is 1. The molecular formula is C18H26N2O. The maximum absolute atomic E-state index is 12.8. The molecule has 2 saturated carbocycles. The van der Waals surface area contributed by atoms with Gasteiger partial charge in [-0.05, 0) is 43.2 Å². The topological polar surface area (TPSA) is 46.3 Å². The number of nitrogens with zero attached hydrogens (tertiary/aromatic N) is 1. The summed E-state index contributed by atoms with van der Waals surface area (Å²) >= 11 is 0. The number of rotatable bonds is 2. The first-order valence-corrected chi connectivity index (χ1v) is 8.29. The van der Waals surface area contributed by atoms with Gasteiger partial charge in [0, 0.05) is 13.0 Å². The van der Waals surface area contributed by atoms with Gasteiger partial charge in [0.05, 0.1) is 11.4 Å². The van der Waals surface area contributed by atoms with Crippen LogP contribution in [-0.4, -0.2) is 13.0 Å². The SMILES string of the molecule is CN(C(=O)C1CCC2CCCCC2C1)c1ccccc1N. The molecule has 114 valence electrons. The van der Waals surface area contributed by atoms with Crippen molar-refractivity contribution in [1.82, 2.24) is 0 Å². The molecule has 1 aromatic carbocycles. The standard InChI is InChI=1S/C18H26N2O/c1-20(17-9-5-4-8-16(17)19)18(21)15-11-10-13-6-2-3-7-14(13)12-15/h4-5,8-9,13-15H,2-3,6-7,10-12,19H2,1H3. The monoisotopic (exact) mass is 286 g/mol. The number of carbonyl (C=O) groups is 1. The summed E-state index contributed by atoms with van der Waals surface area (Å²) in [5.74, 6) is 2.10. The van der Waals surface area contributed by atoms with Crippen LogP contribution in [0.15, 0.2) is 24.3 Å². The van der Waals surface area contributed by atoms with E-state index in [4.69, 9.17) is 5.73 Å². The highest BCUT2D eigenvalue weighted by atomic mass is 16.2. The van der Waals surface area contributed by atoms with Crippen molar-refractivity contribution in [2.45, 2.75) is 44.9 Å². The van der Waals surface area contributed by atoms with E-state index in [0.29, 0.717) is 5.69 Å². The molecule has 0 aromatic heterocycles. The summed E-state index contributed by atoms with van der Waals surface area (Å²) in [7, 11) is 1.86. The van der Waals surface area contributed by atoms with Gasteiger partial charge < -0.3 is 10.6 Å². The van der Waals surface area contributed by atoms with E-state index in [1.54, 1.807) is 4.90 Å². The summed E-state index contributed by atoms with van der Waals surface area (Å²) in [4.78, 5) is 14.6. The lowest BCUT2D eigenvalue weighted by molar-refractivity contribution is -0.124. The number of carbonyl (C=O) groups excluding carboxylic acids is 1. The summed E-state index contributed by atoms with van der Waals surface area (Å²) in [5, 5.41) is 0. The molecule has 3 nitrogen and oxygen atoms in total. The quantitative estimate of drug-likeness (QED) is 0.840. The van der Waals surface area contributed by atoms with Crippen molar-refractivity contribution in [3.05, 3.63) is 24.3 Å². The lowest BCUT2D eigenvalue weighted by atomic mass is 9.67. The summed E-state index contributed by atoms with van der Waals surface area (Å²) in [6.45, 7) is 0. The smallest absolute Gasteiger partial charge is 0.229 e. The molecule has 1 amide bonds. The van der Waals surface area contributed by atoms with E-state index in [-0.39, 0.29) is 11.8 Å². The van der Waals surface area contributed by atoms with Crippen LogP contribution in [0, 0.1) is 17.8 Å². The third-order valence-electron chi connectivity index (χ3n) is 5.52. The van der Waals surface area contributed by atoms with Gasteiger partial charge in [-0.2, -0.15) is 0 Å². The first kappa shape index (κ1) is 14.4. The minimum Gasteiger partial charge on any atom is -0.397 e. The second-order valence-electron chi connectivity index (χ2n) is 6.77. The highest BCUT2D eigenvalue weighted by Gasteiger charge is 2.36. The van der Waals surface area contributed by atoms with Crippen molar-refractivity contribution < 1.29 is 4.79 Å². The molecule has 3 heteroatoms. The Hall–Kier alpha value is -1.51. The summed E-state index contributed by atoms with van der Waals surface area (Å²) < 4.78 is 0. The Bertz CT molecular complexity index is 514. The molecule has 0 aliphatic heterocycles. The van der Waals surface area contributed by atoms with Crippen LogP contribution in [-0.2, 0) is 4.79 Å². The van der Waals surface area contributed by atoms with E-state index in [1.807, 2.05) is 31.3 Å². The highest BCUT2D eigenvalue weighted by Crippen LogP contribution is 2.43. The molecule has 0 saturated heterocycles. The van der Waals surface area contributed by atoms with Crippen molar-refractivity contribution in [2.24, 2.45) is 17.8 Å².